The highest BCUT2D eigenvalue weighted by Crippen LogP contribution is 2.18. The average molecular weight is 362 g/mol. The summed E-state index contributed by atoms with van der Waals surface area (Å²) in [7, 11) is 0. The molecule has 2 fully saturated rings. The number of urea groups is 1. The molecule has 1 aromatic carbocycles. The lowest BCUT2D eigenvalue weighted by Gasteiger charge is -2.33. The van der Waals surface area contributed by atoms with Gasteiger partial charge in [-0.25, -0.2) is 9.18 Å². The number of likely N-dealkylation sites (tertiary alicyclic amines) is 1. The molecule has 0 unspecified atom stereocenters. The fraction of sp³-hybridized carbons (Fsp3) is 0.667. The van der Waals surface area contributed by atoms with Crippen LogP contribution in [0.4, 0.5) is 9.18 Å². The Balaban J connectivity index is 1.36. The normalized spacial score (nSPS) is 21.0. The zero-order valence-corrected chi connectivity index (χ0v) is 15.7. The van der Waals surface area contributed by atoms with E-state index >= 15 is 0 Å². The molecule has 1 heterocycles. The van der Waals surface area contributed by atoms with Crippen LogP contribution in [0.3, 0.4) is 0 Å². The van der Waals surface area contributed by atoms with Crippen molar-refractivity contribution >= 4 is 6.03 Å². The van der Waals surface area contributed by atoms with Gasteiger partial charge in [0.25, 0.3) is 0 Å². The fourth-order valence-corrected chi connectivity index (χ4v) is 4.10. The molecule has 1 saturated carbocycles. The van der Waals surface area contributed by atoms with Crippen LogP contribution in [-0.2, 0) is 6.54 Å². The molecule has 4 nitrogen and oxygen atoms in total. The van der Waals surface area contributed by atoms with Crippen LogP contribution >= 0.6 is 0 Å². The number of hydrogen-bond donors (Lipinski definition) is 2. The van der Waals surface area contributed by atoms with Gasteiger partial charge in [-0.1, -0.05) is 44.2 Å². The maximum atomic E-state index is 13.0. The summed E-state index contributed by atoms with van der Waals surface area (Å²) in [6.07, 6.45) is 10.6. The standard InChI is InChI=1S/C21H32FN3O/c22-18-10-8-17(9-11-18)16-25-14-12-20(13-15-25)24-21(26)23-19-6-4-2-1-3-5-7-19/h8-11,19-20H,1-7,12-16H2,(H2,23,24,26). The van der Waals surface area contributed by atoms with Crippen molar-refractivity contribution in [3.63, 3.8) is 0 Å². The predicted octanol–water partition coefficient (Wildman–Crippen LogP) is 4.20. The van der Waals surface area contributed by atoms with Crippen LogP contribution in [0, 0.1) is 5.82 Å². The Hall–Kier alpha value is -1.62. The van der Waals surface area contributed by atoms with Gasteiger partial charge < -0.3 is 10.6 Å². The first kappa shape index (κ1) is 19.2. The van der Waals surface area contributed by atoms with Crippen molar-refractivity contribution in [3.05, 3.63) is 35.6 Å². The Morgan fingerprint density at radius 1 is 0.885 bits per heavy atom. The predicted molar refractivity (Wildman–Crippen MR) is 102 cm³/mol. The number of nitrogens with one attached hydrogen (secondary N) is 2. The molecule has 2 N–H and O–H groups in total. The second-order valence-corrected chi connectivity index (χ2v) is 7.84. The Kier molecular flexibility index (Phi) is 7.30. The summed E-state index contributed by atoms with van der Waals surface area (Å²) in [6.45, 7) is 2.78. The first-order chi connectivity index (χ1) is 12.7. The van der Waals surface area contributed by atoms with Crippen LogP contribution in [0.2, 0.25) is 0 Å². The number of benzene rings is 1. The van der Waals surface area contributed by atoms with Crippen LogP contribution < -0.4 is 10.6 Å². The van der Waals surface area contributed by atoms with Gasteiger partial charge in [0.1, 0.15) is 5.82 Å². The topological polar surface area (TPSA) is 44.4 Å². The Labute approximate surface area is 156 Å². The Morgan fingerprint density at radius 2 is 1.42 bits per heavy atom. The molecule has 0 radical (unpaired) electrons. The number of carbonyl (C=O) groups is 1. The number of halogens is 1. The van der Waals surface area contributed by atoms with E-state index in [1.807, 2.05) is 12.1 Å². The van der Waals surface area contributed by atoms with E-state index in [2.05, 4.69) is 15.5 Å². The molecule has 1 saturated heterocycles. The van der Waals surface area contributed by atoms with Crippen LogP contribution in [-0.4, -0.2) is 36.1 Å². The molecule has 0 aromatic heterocycles. The van der Waals surface area contributed by atoms with Crippen LogP contribution in [0.15, 0.2) is 24.3 Å². The van der Waals surface area contributed by atoms with E-state index in [-0.39, 0.29) is 17.9 Å². The maximum Gasteiger partial charge on any atom is 0.315 e. The van der Waals surface area contributed by atoms with Gasteiger partial charge in [0.2, 0.25) is 0 Å². The molecular formula is C21H32FN3O. The van der Waals surface area contributed by atoms with Crippen molar-refractivity contribution < 1.29 is 9.18 Å². The molecule has 5 heteroatoms. The Bertz CT molecular complexity index is 547. The molecule has 26 heavy (non-hydrogen) atoms. The molecule has 3 rings (SSSR count). The average Bonchev–Trinajstić information content (AvgIpc) is 2.61. The molecule has 0 bridgehead atoms. The molecule has 1 aliphatic carbocycles. The van der Waals surface area contributed by atoms with Crippen molar-refractivity contribution in [2.75, 3.05) is 13.1 Å². The van der Waals surface area contributed by atoms with Gasteiger partial charge in [0.05, 0.1) is 0 Å². The molecule has 1 aromatic rings. The number of rotatable bonds is 4. The van der Waals surface area contributed by atoms with Crippen LogP contribution in [0.25, 0.3) is 0 Å². The third-order valence-electron chi connectivity index (χ3n) is 5.68. The number of hydrogen-bond acceptors (Lipinski definition) is 2. The molecular weight excluding hydrogens is 329 g/mol. The van der Waals surface area contributed by atoms with Gasteiger partial charge in [0, 0.05) is 31.7 Å². The summed E-state index contributed by atoms with van der Waals surface area (Å²) >= 11 is 0. The van der Waals surface area contributed by atoms with Gasteiger partial charge >= 0.3 is 6.03 Å². The smallest absolute Gasteiger partial charge is 0.315 e. The van der Waals surface area contributed by atoms with Crippen LogP contribution in [0.5, 0.6) is 0 Å². The van der Waals surface area contributed by atoms with E-state index in [4.69, 9.17) is 0 Å². The highest BCUT2D eigenvalue weighted by molar-refractivity contribution is 5.74. The first-order valence-electron chi connectivity index (χ1n) is 10.2. The lowest BCUT2D eigenvalue weighted by Crippen LogP contribution is -2.50. The number of carbonyl (C=O) groups excluding carboxylic acids is 1. The first-order valence-corrected chi connectivity index (χ1v) is 10.2. The quantitative estimate of drug-likeness (QED) is 0.844. The summed E-state index contributed by atoms with van der Waals surface area (Å²) < 4.78 is 13.0. The number of piperidine rings is 1. The lowest BCUT2D eigenvalue weighted by atomic mass is 9.97. The minimum atomic E-state index is -0.188. The van der Waals surface area contributed by atoms with E-state index in [1.54, 1.807) is 0 Å². The maximum absolute atomic E-state index is 13.0. The van der Waals surface area contributed by atoms with Gasteiger partial charge in [-0.3, -0.25) is 4.90 Å². The van der Waals surface area contributed by atoms with Crippen molar-refractivity contribution in [1.82, 2.24) is 15.5 Å². The molecule has 144 valence electrons. The minimum Gasteiger partial charge on any atom is -0.335 e. The summed E-state index contributed by atoms with van der Waals surface area (Å²) in [6, 6.07) is 7.34. The monoisotopic (exact) mass is 361 g/mol. The molecule has 2 aliphatic rings. The largest absolute Gasteiger partial charge is 0.335 e. The SMILES string of the molecule is O=C(NC1CCCCCCC1)NC1CCN(Cc2ccc(F)cc2)CC1. The van der Waals surface area contributed by atoms with Gasteiger partial charge in [-0.05, 0) is 43.4 Å². The molecule has 0 atom stereocenters. The van der Waals surface area contributed by atoms with E-state index < -0.39 is 0 Å². The van der Waals surface area contributed by atoms with Crippen molar-refractivity contribution in [3.8, 4) is 0 Å². The van der Waals surface area contributed by atoms with Crippen molar-refractivity contribution in [2.24, 2.45) is 0 Å². The second kappa shape index (κ2) is 9.91. The van der Waals surface area contributed by atoms with E-state index in [1.165, 1.54) is 44.2 Å². The molecule has 1 aliphatic heterocycles. The fourth-order valence-electron chi connectivity index (χ4n) is 4.10. The zero-order chi connectivity index (χ0) is 18.2. The summed E-state index contributed by atoms with van der Waals surface area (Å²) in [5.41, 5.74) is 1.14. The number of nitrogens with zero attached hydrogens (tertiary/aromatic N) is 1. The highest BCUT2D eigenvalue weighted by atomic mass is 19.1. The zero-order valence-electron chi connectivity index (χ0n) is 15.7. The van der Waals surface area contributed by atoms with Crippen LogP contribution in [0.1, 0.15) is 63.4 Å². The van der Waals surface area contributed by atoms with Gasteiger partial charge in [-0.15, -0.1) is 0 Å². The second-order valence-electron chi connectivity index (χ2n) is 7.84. The third kappa shape index (κ3) is 6.27. The van der Waals surface area contributed by atoms with E-state index in [9.17, 15) is 9.18 Å². The van der Waals surface area contributed by atoms with E-state index in [0.29, 0.717) is 6.04 Å². The third-order valence-corrected chi connectivity index (χ3v) is 5.68. The molecule has 0 spiro atoms. The minimum absolute atomic E-state index is 0.00700. The van der Waals surface area contributed by atoms with Crippen molar-refractivity contribution in [2.45, 2.75) is 76.4 Å². The van der Waals surface area contributed by atoms with Gasteiger partial charge in [-0.2, -0.15) is 0 Å². The highest BCUT2D eigenvalue weighted by Gasteiger charge is 2.22. The summed E-state index contributed by atoms with van der Waals surface area (Å²) in [4.78, 5) is 14.7. The Morgan fingerprint density at radius 3 is 2.04 bits per heavy atom. The number of amides is 2. The van der Waals surface area contributed by atoms with E-state index in [0.717, 1.165) is 50.9 Å². The summed E-state index contributed by atoms with van der Waals surface area (Å²) in [5.74, 6) is -0.188. The van der Waals surface area contributed by atoms with Crippen molar-refractivity contribution in [1.29, 1.82) is 0 Å². The lowest BCUT2D eigenvalue weighted by molar-refractivity contribution is 0.185. The van der Waals surface area contributed by atoms with Gasteiger partial charge in [0.15, 0.2) is 0 Å². The molecule has 2 amide bonds. The summed E-state index contributed by atoms with van der Waals surface area (Å²) in [5, 5.41) is 6.36.